The summed E-state index contributed by atoms with van der Waals surface area (Å²) >= 11 is 0. The predicted molar refractivity (Wildman–Crippen MR) is 71.5 cm³/mol. The average Bonchev–Trinajstić information content (AvgIpc) is 2.84. The molecule has 0 aliphatic heterocycles. The second-order valence-electron chi connectivity index (χ2n) is 4.28. The van der Waals surface area contributed by atoms with Crippen LogP contribution < -0.4 is 10.5 Å². The first kappa shape index (κ1) is 14.0. The van der Waals surface area contributed by atoms with Crippen molar-refractivity contribution in [2.75, 3.05) is 6.61 Å². The van der Waals surface area contributed by atoms with Crippen LogP contribution in [0.4, 0.5) is 0 Å². The number of nitrogens with zero attached hydrogens (tertiary/aromatic N) is 3. The molecule has 0 saturated heterocycles. The number of aromatic carboxylic acids is 1. The number of rotatable bonds is 6. The summed E-state index contributed by atoms with van der Waals surface area (Å²) in [7, 11) is 0. The van der Waals surface area contributed by atoms with Gasteiger partial charge in [0.05, 0.1) is 12.2 Å². The van der Waals surface area contributed by atoms with Gasteiger partial charge in [-0.15, -0.1) is 5.10 Å². The molecule has 1 aromatic carbocycles. The van der Waals surface area contributed by atoms with Gasteiger partial charge in [-0.05, 0) is 19.1 Å². The van der Waals surface area contributed by atoms with Crippen molar-refractivity contribution < 1.29 is 14.6 Å². The Hall–Kier alpha value is -2.41. The molecule has 0 saturated carbocycles. The summed E-state index contributed by atoms with van der Waals surface area (Å²) < 4.78 is 7.01. The van der Waals surface area contributed by atoms with Crippen molar-refractivity contribution in [3.05, 3.63) is 41.2 Å². The first-order chi connectivity index (χ1) is 9.61. The van der Waals surface area contributed by atoms with Crippen molar-refractivity contribution >= 4 is 5.97 Å². The van der Waals surface area contributed by atoms with E-state index in [9.17, 15) is 4.79 Å². The molecule has 0 spiro atoms. The van der Waals surface area contributed by atoms with Crippen LogP contribution in [0.25, 0.3) is 0 Å². The van der Waals surface area contributed by atoms with E-state index in [1.54, 1.807) is 0 Å². The third kappa shape index (κ3) is 3.12. The van der Waals surface area contributed by atoms with Gasteiger partial charge in [0.2, 0.25) is 0 Å². The predicted octanol–water partition coefficient (Wildman–Crippen LogP) is 0.822. The van der Waals surface area contributed by atoms with Crippen LogP contribution in [-0.4, -0.2) is 32.7 Å². The van der Waals surface area contributed by atoms with Crippen LogP contribution in [0.3, 0.4) is 0 Å². The summed E-state index contributed by atoms with van der Waals surface area (Å²) in [4.78, 5) is 10.9. The van der Waals surface area contributed by atoms with E-state index in [2.05, 4.69) is 10.3 Å². The van der Waals surface area contributed by atoms with Gasteiger partial charge >= 0.3 is 5.97 Å². The van der Waals surface area contributed by atoms with E-state index < -0.39 is 5.97 Å². The Balaban J connectivity index is 1.97. The van der Waals surface area contributed by atoms with Gasteiger partial charge in [0, 0.05) is 6.54 Å². The van der Waals surface area contributed by atoms with Crippen LogP contribution in [-0.2, 0) is 13.1 Å². The lowest BCUT2D eigenvalue weighted by molar-refractivity contribution is 0.0689. The largest absolute Gasteiger partial charge is 0.492 e. The van der Waals surface area contributed by atoms with E-state index in [-0.39, 0.29) is 12.2 Å². The highest BCUT2D eigenvalue weighted by Gasteiger charge is 2.17. The summed E-state index contributed by atoms with van der Waals surface area (Å²) in [5.41, 5.74) is 6.97. The Labute approximate surface area is 116 Å². The van der Waals surface area contributed by atoms with Crippen LogP contribution in [0.1, 0.15) is 21.7 Å². The summed E-state index contributed by atoms with van der Waals surface area (Å²) in [5, 5.41) is 16.3. The smallest absolute Gasteiger partial charge is 0.358 e. The van der Waals surface area contributed by atoms with E-state index in [0.29, 0.717) is 18.8 Å². The third-order valence-corrected chi connectivity index (χ3v) is 2.83. The molecule has 0 atom stereocenters. The normalized spacial score (nSPS) is 10.5. The summed E-state index contributed by atoms with van der Waals surface area (Å²) in [6, 6.07) is 7.67. The molecule has 0 amide bonds. The van der Waals surface area contributed by atoms with Crippen molar-refractivity contribution in [2.45, 2.75) is 20.0 Å². The molecule has 0 aliphatic carbocycles. The van der Waals surface area contributed by atoms with Crippen molar-refractivity contribution in [3.8, 4) is 5.75 Å². The Bertz CT molecular complexity index is 592. The molecule has 0 radical (unpaired) electrons. The molecule has 7 heteroatoms. The van der Waals surface area contributed by atoms with Gasteiger partial charge in [-0.2, -0.15) is 0 Å². The van der Waals surface area contributed by atoms with Crippen molar-refractivity contribution in [2.24, 2.45) is 5.73 Å². The fourth-order valence-corrected chi connectivity index (χ4v) is 1.77. The standard InChI is InChI=1S/C13H16N4O3/c1-9-2-4-10(5-3-9)20-7-6-17-11(8-14)12(13(18)19)15-16-17/h2-5H,6-8,14H2,1H3,(H,18,19). The number of hydrogen-bond acceptors (Lipinski definition) is 5. The maximum absolute atomic E-state index is 10.9. The van der Waals surface area contributed by atoms with Crippen molar-refractivity contribution in [3.63, 3.8) is 0 Å². The zero-order chi connectivity index (χ0) is 14.5. The quantitative estimate of drug-likeness (QED) is 0.809. The lowest BCUT2D eigenvalue weighted by atomic mass is 10.2. The maximum Gasteiger partial charge on any atom is 0.358 e. The molecule has 7 nitrogen and oxygen atoms in total. The van der Waals surface area contributed by atoms with Gasteiger partial charge in [0.15, 0.2) is 5.69 Å². The van der Waals surface area contributed by atoms with Crippen molar-refractivity contribution in [1.29, 1.82) is 0 Å². The monoisotopic (exact) mass is 276 g/mol. The van der Waals surface area contributed by atoms with E-state index in [1.165, 1.54) is 4.68 Å². The van der Waals surface area contributed by atoms with Crippen LogP contribution >= 0.6 is 0 Å². The molecule has 0 fully saturated rings. The molecular weight excluding hydrogens is 260 g/mol. The first-order valence-corrected chi connectivity index (χ1v) is 6.17. The molecular formula is C13H16N4O3. The van der Waals surface area contributed by atoms with Crippen molar-refractivity contribution in [1.82, 2.24) is 15.0 Å². The van der Waals surface area contributed by atoms with Crippen LogP contribution in [0.5, 0.6) is 5.75 Å². The summed E-state index contributed by atoms with van der Waals surface area (Å²) in [6.07, 6.45) is 0. The molecule has 3 N–H and O–H groups in total. The number of ether oxygens (including phenoxy) is 1. The van der Waals surface area contributed by atoms with Crippen LogP contribution in [0, 0.1) is 6.92 Å². The van der Waals surface area contributed by atoms with E-state index in [0.717, 1.165) is 11.3 Å². The Morgan fingerprint density at radius 3 is 2.70 bits per heavy atom. The number of carbonyl (C=O) groups is 1. The number of benzene rings is 1. The number of nitrogens with two attached hydrogens (primary N) is 1. The Kier molecular flexibility index (Phi) is 4.31. The highest BCUT2D eigenvalue weighted by molar-refractivity contribution is 5.86. The summed E-state index contributed by atoms with van der Waals surface area (Å²) in [5.74, 6) is -0.375. The number of hydrogen-bond donors (Lipinski definition) is 2. The van der Waals surface area contributed by atoms with Gasteiger partial charge in [0.1, 0.15) is 12.4 Å². The minimum Gasteiger partial charge on any atom is -0.492 e. The van der Waals surface area contributed by atoms with E-state index >= 15 is 0 Å². The van der Waals surface area contributed by atoms with Crippen LogP contribution in [0.15, 0.2) is 24.3 Å². The number of aromatic nitrogens is 3. The first-order valence-electron chi connectivity index (χ1n) is 6.17. The molecule has 1 aromatic heterocycles. The van der Waals surface area contributed by atoms with E-state index in [4.69, 9.17) is 15.6 Å². The third-order valence-electron chi connectivity index (χ3n) is 2.83. The highest BCUT2D eigenvalue weighted by Crippen LogP contribution is 2.11. The molecule has 106 valence electrons. The second-order valence-corrected chi connectivity index (χ2v) is 4.28. The zero-order valence-electron chi connectivity index (χ0n) is 11.1. The van der Waals surface area contributed by atoms with Gasteiger partial charge < -0.3 is 15.6 Å². The fraction of sp³-hybridized carbons (Fsp3) is 0.308. The second kappa shape index (κ2) is 6.16. The molecule has 0 unspecified atom stereocenters. The average molecular weight is 276 g/mol. The molecule has 0 bridgehead atoms. The molecule has 2 aromatic rings. The summed E-state index contributed by atoms with van der Waals surface area (Å²) in [6.45, 7) is 2.82. The van der Waals surface area contributed by atoms with Crippen LogP contribution in [0.2, 0.25) is 0 Å². The molecule has 2 rings (SSSR count). The van der Waals surface area contributed by atoms with Gasteiger partial charge in [-0.1, -0.05) is 22.9 Å². The van der Waals surface area contributed by atoms with Gasteiger partial charge in [0.25, 0.3) is 0 Å². The van der Waals surface area contributed by atoms with E-state index in [1.807, 2.05) is 31.2 Å². The molecule has 1 heterocycles. The highest BCUT2D eigenvalue weighted by atomic mass is 16.5. The topological polar surface area (TPSA) is 103 Å². The number of aryl methyl sites for hydroxylation is 1. The van der Waals surface area contributed by atoms with Gasteiger partial charge in [-0.3, -0.25) is 0 Å². The zero-order valence-corrected chi connectivity index (χ0v) is 11.1. The molecule has 20 heavy (non-hydrogen) atoms. The minimum atomic E-state index is -1.13. The number of carboxylic acid groups (broad SMARTS) is 1. The number of carboxylic acids is 1. The Morgan fingerprint density at radius 2 is 2.10 bits per heavy atom. The maximum atomic E-state index is 10.9. The fourth-order valence-electron chi connectivity index (χ4n) is 1.77. The lowest BCUT2D eigenvalue weighted by Crippen LogP contribution is -2.16. The molecule has 0 aliphatic rings. The van der Waals surface area contributed by atoms with Gasteiger partial charge in [-0.25, -0.2) is 9.48 Å². The lowest BCUT2D eigenvalue weighted by Gasteiger charge is -2.08. The SMILES string of the molecule is Cc1ccc(OCCn2nnc(C(=O)O)c2CN)cc1. The Morgan fingerprint density at radius 1 is 1.40 bits per heavy atom. The minimum absolute atomic E-state index is 0.0686.